The molecule has 3 heteroatoms. The van der Waals surface area contributed by atoms with Crippen molar-refractivity contribution in [2.24, 2.45) is 5.92 Å². The minimum Gasteiger partial charge on any atom is -0.143 e. The van der Waals surface area contributed by atoms with E-state index in [2.05, 4.69) is 36.7 Å². The van der Waals surface area contributed by atoms with Crippen LogP contribution in [0.4, 0.5) is 0 Å². The molecule has 0 fully saturated rings. The molecule has 0 aliphatic rings. The van der Waals surface area contributed by atoms with Gasteiger partial charge in [0, 0.05) is 5.57 Å². The summed E-state index contributed by atoms with van der Waals surface area (Å²) < 4.78 is 0. The molecule has 0 radical (unpaired) electrons. The van der Waals surface area contributed by atoms with Crippen LogP contribution in [0.25, 0.3) is 5.57 Å². The zero-order valence-electron chi connectivity index (χ0n) is 8.24. The molecule has 0 aliphatic carbocycles. The molecule has 2 nitrogen and oxygen atoms in total. The van der Waals surface area contributed by atoms with E-state index >= 15 is 0 Å². The number of aromatic nitrogens is 2. The maximum Gasteiger partial charge on any atom is 0.147 e. The molecule has 13 heavy (non-hydrogen) atoms. The van der Waals surface area contributed by atoms with E-state index in [0.29, 0.717) is 5.92 Å². The molecule has 0 bridgehead atoms. The number of hydrogen-bond acceptors (Lipinski definition) is 3. The van der Waals surface area contributed by atoms with Crippen LogP contribution >= 0.6 is 11.3 Å². The first kappa shape index (κ1) is 10.1. The molecule has 1 heterocycles. The summed E-state index contributed by atoms with van der Waals surface area (Å²) in [6.45, 7) is 10.00. The summed E-state index contributed by atoms with van der Waals surface area (Å²) >= 11 is 1.60. The van der Waals surface area contributed by atoms with Crippen molar-refractivity contribution in [1.82, 2.24) is 10.2 Å². The number of allylic oxidation sites excluding steroid dienone is 3. The van der Waals surface area contributed by atoms with Crippen LogP contribution in [-0.2, 0) is 0 Å². The molecule has 0 spiro atoms. The predicted molar refractivity (Wildman–Crippen MR) is 57.7 cm³/mol. The quantitative estimate of drug-likeness (QED) is 0.691. The van der Waals surface area contributed by atoms with Crippen LogP contribution in [0, 0.1) is 12.8 Å². The van der Waals surface area contributed by atoms with Crippen molar-refractivity contribution in [1.29, 1.82) is 0 Å². The first-order chi connectivity index (χ1) is 6.13. The topological polar surface area (TPSA) is 25.8 Å². The second-order valence-electron chi connectivity index (χ2n) is 3.20. The highest BCUT2D eigenvalue weighted by Gasteiger charge is 2.04. The highest BCUT2D eigenvalue weighted by molar-refractivity contribution is 7.12. The lowest BCUT2D eigenvalue weighted by Crippen LogP contribution is -1.84. The maximum absolute atomic E-state index is 4.07. The molecule has 0 aliphatic heterocycles. The Labute approximate surface area is 83.0 Å². The van der Waals surface area contributed by atoms with Crippen LogP contribution in [-0.4, -0.2) is 10.2 Å². The van der Waals surface area contributed by atoms with Gasteiger partial charge in [-0.05, 0) is 12.8 Å². The van der Waals surface area contributed by atoms with Crippen molar-refractivity contribution in [3.05, 3.63) is 28.7 Å². The molecule has 1 aromatic rings. The SMILES string of the molecule is C=C/C(=C\C(C)C)c1nnc(C)s1. The number of aryl methyl sites for hydroxylation is 1. The summed E-state index contributed by atoms with van der Waals surface area (Å²) in [7, 11) is 0. The Bertz CT molecular complexity index is 323. The van der Waals surface area contributed by atoms with Crippen molar-refractivity contribution >= 4 is 16.9 Å². The molecule has 0 aromatic carbocycles. The van der Waals surface area contributed by atoms with Crippen LogP contribution in [0.15, 0.2) is 18.7 Å². The van der Waals surface area contributed by atoms with Gasteiger partial charge in [0.25, 0.3) is 0 Å². The fourth-order valence-corrected chi connectivity index (χ4v) is 1.71. The largest absolute Gasteiger partial charge is 0.147 e. The summed E-state index contributed by atoms with van der Waals surface area (Å²) in [4.78, 5) is 0. The van der Waals surface area contributed by atoms with Crippen molar-refractivity contribution in [2.75, 3.05) is 0 Å². The van der Waals surface area contributed by atoms with E-state index in [1.807, 2.05) is 13.0 Å². The third kappa shape index (κ3) is 2.77. The summed E-state index contributed by atoms with van der Waals surface area (Å²) in [5, 5.41) is 9.99. The van der Waals surface area contributed by atoms with Gasteiger partial charge >= 0.3 is 0 Å². The fourth-order valence-electron chi connectivity index (χ4n) is 0.999. The van der Waals surface area contributed by atoms with Crippen LogP contribution in [0.2, 0.25) is 0 Å². The second-order valence-corrected chi connectivity index (χ2v) is 4.38. The lowest BCUT2D eigenvalue weighted by atomic mass is 10.1. The third-order valence-corrected chi connectivity index (χ3v) is 2.39. The Morgan fingerprint density at radius 2 is 2.15 bits per heavy atom. The van der Waals surface area contributed by atoms with E-state index in [1.165, 1.54) is 0 Å². The zero-order valence-corrected chi connectivity index (χ0v) is 9.06. The van der Waals surface area contributed by atoms with Gasteiger partial charge in [-0.3, -0.25) is 0 Å². The van der Waals surface area contributed by atoms with Gasteiger partial charge in [-0.15, -0.1) is 10.2 Å². The van der Waals surface area contributed by atoms with Gasteiger partial charge in [0.2, 0.25) is 0 Å². The molecular weight excluding hydrogens is 180 g/mol. The van der Waals surface area contributed by atoms with Gasteiger partial charge in [0.05, 0.1) is 0 Å². The first-order valence-electron chi connectivity index (χ1n) is 4.28. The minimum absolute atomic E-state index is 0.511. The van der Waals surface area contributed by atoms with Gasteiger partial charge in [-0.25, -0.2) is 0 Å². The Morgan fingerprint density at radius 3 is 2.54 bits per heavy atom. The number of rotatable bonds is 3. The van der Waals surface area contributed by atoms with Gasteiger partial charge in [0.15, 0.2) is 0 Å². The summed E-state index contributed by atoms with van der Waals surface area (Å²) in [6.07, 6.45) is 3.98. The Hall–Kier alpha value is -0.960. The minimum atomic E-state index is 0.511. The van der Waals surface area contributed by atoms with E-state index in [9.17, 15) is 0 Å². The summed E-state index contributed by atoms with van der Waals surface area (Å²) in [5.41, 5.74) is 1.08. The molecule has 0 atom stereocenters. The Balaban J connectivity index is 2.97. The Morgan fingerprint density at radius 1 is 1.46 bits per heavy atom. The highest BCUT2D eigenvalue weighted by atomic mass is 32.1. The lowest BCUT2D eigenvalue weighted by molar-refractivity contribution is 0.833. The average molecular weight is 194 g/mol. The van der Waals surface area contributed by atoms with Gasteiger partial charge < -0.3 is 0 Å². The lowest BCUT2D eigenvalue weighted by Gasteiger charge is -1.98. The first-order valence-corrected chi connectivity index (χ1v) is 5.10. The van der Waals surface area contributed by atoms with Crippen LogP contribution in [0.5, 0.6) is 0 Å². The van der Waals surface area contributed by atoms with E-state index < -0.39 is 0 Å². The zero-order chi connectivity index (χ0) is 9.84. The molecule has 0 saturated heterocycles. The Kier molecular flexibility index (Phi) is 3.37. The van der Waals surface area contributed by atoms with Gasteiger partial charge in [-0.1, -0.05) is 43.9 Å². The monoisotopic (exact) mass is 194 g/mol. The van der Waals surface area contributed by atoms with Crippen molar-refractivity contribution < 1.29 is 0 Å². The van der Waals surface area contributed by atoms with E-state index in [4.69, 9.17) is 0 Å². The van der Waals surface area contributed by atoms with Crippen molar-refractivity contribution in [2.45, 2.75) is 20.8 Å². The molecule has 0 saturated carbocycles. The van der Waals surface area contributed by atoms with Crippen LogP contribution < -0.4 is 0 Å². The standard InChI is InChI=1S/C10H14N2S/c1-5-9(6-7(2)3)10-12-11-8(4)13-10/h5-7H,1H2,2-4H3/b9-6+. The van der Waals surface area contributed by atoms with Crippen molar-refractivity contribution in [3.8, 4) is 0 Å². The molecule has 70 valence electrons. The molecule has 1 rings (SSSR count). The molecule has 1 aromatic heterocycles. The summed E-state index contributed by atoms with van der Waals surface area (Å²) in [5.74, 6) is 0.511. The van der Waals surface area contributed by atoms with E-state index in [1.54, 1.807) is 11.3 Å². The fraction of sp³-hybridized carbons (Fsp3) is 0.400. The number of hydrogen-bond donors (Lipinski definition) is 0. The van der Waals surface area contributed by atoms with E-state index in [-0.39, 0.29) is 0 Å². The van der Waals surface area contributed by atoms with Gasteiger partial charge in [-0.2, -0.15) is 0 Å². The third-order valence-electron chi connectivity index (χ3n) is 1.51. The number of nitrogens with zero attached hydrogens (tertiary/aromatic N) is 2. The van der Waals surface area contributed by atoms with Crippen LogP contribution in [0.3, 0.4) is 0 Å². The normalized spacial score (nSPS) is 12.2. The highest BCUT2D eigenvalue weighted by Crippen LogP contribution is 2.20. The van der Waals surface area contributed by atoms with Gasteiger partial charge in [0.1, 0.15) is 10.0 Å². The summed E-state index contributed by atoms with van der Waals surface area (Å²) in [6, 6.07) is 0. The smallest absolute Gasteiger partial charge is 0.143 e. The van der Waals surface area contributed by atoms with E-state index in [0.717, 1.165) is 15.6 Å². The average Bonchev–Trinajstić information content (AvgIpc) is 2.47. The molecular formula is C10H14N2S. The van der Waals surface area contributed by atoms with Crippen molar-refractivity contribution in [3.63, 3.8) is 0 Å². The molecule has 0 unspecified atom stereocenters. The van der Waals surface area contributed by atoms with Crippen LogP contribution in [0.1, 0.15) is 23.9 Å². The second kappa shape index (κ2) is 4.33. The maximum atomic E-state index is 4.07. The predicted octanol–water partition coefficient (Wildman–Crippen LogP) is 3.07. The molecule has 0 N–H and O–H groups in total. The molecule has 0 amide bonds.